The van der Waals surface area contributed by atoms with Crippen molar-refractivity contribution < 1.29 is 9.53 Å². The van der Waals surface area contributed by atoms with Crippen molar-refractivity contribution in [2.45, 2.75) is 44.9 Å². The first-order valence-electron chi connectivity index (χ1n) is 7.33. The Morgan fingerprint density at radius 1 is 1.30 bits per heavy atom. The third-order valence-corrected chi connectivity index (χ3v) is 3.82. The second kappa shape index (κ2) is 7.22. The fraction of sp³-hybridized carbons (Fsp3) is 0.667. The summed E-state index contributed by atoms with van der Waals surface area (Å²) in [5, 5.41) is 0. The van der Waals surface area contributed by atoms with Crippen molar-refractivity contribution in [1.29, 1.82) is 0 Å². The first-order chi connectivity index (χ1) is 9.72. The molecule has 1 aromatic rings. The molecule has 0 bridgehead atoms. The molecule has 0 aromatic carbocycles. The molecule has 0 atom stereocenters. The molecule has 1 aromatic heterocycles. The van der Waals surface area contributed by atoms with E-state index < -0.39 is 0 Å². The van der Waals surface area contributed by atoms with Gasteiger partial charge in [0.05, 0.1) is 7.11 Å². The van der Waals surface area contributed by atoms with E-state index in [2.05, 4.69) is 19.6 Å². The van der Waals surface area contributed by atoms with Crippen LogP contribution in [0.15, 0.2) is 6.33 Å². The van der Waals surface area contributed by atoms with Crippen molar-refractivity contribution in [2.75, 3.05) is 25.6 Å². The van der Waals surface area contributed by atoms with E-state index >= 15 is 0 Å². The first kappa shape index (κ1) is 14.8. The van der Waals surface area contributed by atoms with E-state index in [1.807, 2.05) is 7.05 Å². The first-order valence-corrected chi connectivity index (χ1v) is 7.33. The van der Waals surface area contributed by atoms with Gasteiger partial charge in [0, 0.05) is 31.3 Å². The van der Waals surface area contributed by atoms with Crippen LogP contribution in [0.5, 0.6) is 0 Å². The number of aromatic nitrogens is 2. The fourth-order valence-electron chi connectivity index (χ4n) is 2.68. The summed E-state index contributed by atoms with van der Waals surface area (Å²) in [7, 11) is 3.46. The van der Waals surface area contributed by atoms with Crippen LogP contribution in [0.25, 0.3) is 0 Å². The van der Waals surface area contributed by atoms with Gasteiger partial charge in [-0.25, -0.2) is 9.97 Å². The molecule has 0 saturated heterocycles. The lowest BCUT2D eigenvalue weighted by atomic mass is 10.1. The monoisotopic (exact) mass is 277 g/mol. The van der Waals surface area contributed by atoms with Gasteiger partial charge in [-0.1, -0.05) is 6.42 Å². The van der Waals surface area contributed by atoms with Gasteiger partial charge >= 0.3 is 5.97 Å². The second-order valence-electron chi connectivity index (χ2n) is 5.28. The third kappa shape index (κ3) is 3.68. The maximum absolute atomic E-state index is 11.1. The lowest BCUT2D eigenvalue weighted by Crippen LogP contribution is -2.23. The lowest BCUT2D eigenvalue weighted by Gasteiger charge is -2.21. The Hall–Kier alpha value is -1.65. The minimum atomic E-state index is -0.153. The number of ether oxygens (including phenoxy) is 1. The highest BCUT2D eigenvalue weighted by atomic mass is 16.5. The summed E-state index contributed by atoms with van der Waals surface area (Å²) in [4.78, 5) is 22.2. The molecule has 0 aliphatic heterocycles. The van der Waals surface area contributed by atoms with Crippen LogP contribution in [0.2, 0.25) is 0 Å². The van der Waals surface area contributed by atoms with E-state index in [4.69, 9.17) is 0 Å². The van der Waals surface area contributed by atoms with Crippen LogP contribution >= 0.6 is 0 Å². The highest BCUT2D eigenvalue weighted by molar-refractivity contribution is 5.69. The van der Waals surface area contributed by atoms with E-state index in [1.165, 1.54) is 37.6 Å². The largest absolute Gasteiger partial charge is 0.469 e. The van der Waals surface area contributed by atoms with Crippen LogP contribution in [0.4, 0.5) is 5.82 Å². The molecule has 1 aliphatic carbocycles. The highest BCUT2D eigenvalue weighted by Crippen LogP contribution is 2.25. The predicted molar refractivity (Wildman–Crippen MR) is 77.8 cm³/mol. The van der Waals surface area contributed by atoms with Crippen LogP contribution in [0.1, 0.15) is 43.4 Å². The number of hydrogen-bond acceptors (Lipinski definition) is 5. The van der Waals surface area contributed by atoms with Gasteiger partial charge < -0.3 is 9.64 Å². The van der Waals surface area contributed by atoms with Gasteiger partial charge in [0.1, 0.15) is 12.1 Å². The predicted octanol–water partition coefficient (Wildman–Crippen LogP) is 2.13. The Bertz CT molecular complexity index is 462. The van der Waals surface area contributed by atoms with Crippen LogP contribution < -0.4 is 4.90 Å². The van der Waals surface area contributed by atoms with E-state index in [0.717, 1.165) is 31.6 Å². The zero-order valence-corrected chi connectivity index (χ0v) is 12.4. The third-order valence-electron chi connectivity index (χ3n) is 3.82. The molecule has 1 aliphatic rings. The van der Waals surface area contributed by atoms with Gasteiger partial charge in [0.25, 0.3) is 0 Å². The van der Waals surface area contributed by atoms with Gasteiger partial charge in [-0.15, -0.1) is 0 Å². The Morgan fingerprint density at radius 3 is 2.90 bits per heavy atom. The topological polar surface area (TPSA) is 55.3 Å². The van der Waals surface area contributed by atoms with E-state index in [-0.39, 0.29) is 5.97 Å². The number of hydrogen-bond donors (Lipinski definition) is 0. The summed E-state index contributed by atoms with van der Waals surface area (Å²) in [6.45, 7) is 0.804. The van der Waals surface area contributed by atoms with Crippen molar-refractivity contribution in [3.63, 3.8) is 0 Å². The lowest BCUT2D eigenvalue weighted by molar-refractivity contribution is -0.140. The molecule has 0 amide bonds. The standard InChI is InChI=1S/C15H23N3O2/c1-18(10-6-9-14(19)20-2)15-12-7-4-3-5-8-13(12)16-11-17-15/h11H,3-10H2,1-2H3. The van der Waals surface area contributed by atoms with Crippen molar-refractivity contribution in [2.24, 2.45) is 0 Å². The van der Waals surface area contributed by atoms with Crippen LogP contribution in [0, 0.1) is 0 Å². The molecular weight excluding hydrogens is 254 g/mol. The number of anilines is 1. The van der Waals surface area contributed by atoms with Crippen molar-refractivity contribution >= 4 is 11.8 Å². The van der Waals surface area contributed by atoms with E-state index in [0.29, 0.717) is 6.42 Å². The van der Waals surface area contributed by atoms with Crippen molar-refractivity contribution in [3.8, 4) is 0 Å². The summed E-state index contributed by atoms with van der Waals surface area (Å²) < 4.78 is 4.66. The second-order valence-corrected chi connectivity index (χ2v) is 5.28. The Labute approximate surface area is 120 Å². The van der Waals surface area contributed by atoms with Gasteiger partial charge in [-0.3, -0.25) is 4.79 Å². The number of esters is 1. The molecule has 1 heterocycles. The van der Waals surface area contributed by atoms with E-state index in [1.54, 1.807) is 6.33 Å². The summed E-state index contributed by atoms with van der Waals surface area (Å²) in [5.41, 5.74) is 2.50. The normalized spacial score (nSPS) is 14.3. The molecule has 5 nitrogen and oxygen atoms in total. The average Bonchev–Trinajstić information content (AvgIpc) is 2.71. The molecule has 2 rings (SSSR count). The number of nitrogens with zero attached hydrogens (tertiary/aromatic N) is 3. The zero-order valence-electron chi connectivity index (χ0n) is 12.4. The molecule has 0 fully saturated rings. The quantitative estimate of drug-likeness (QED) is 0.609. The number of rotatable bonds is 5. The Balaban J connectivity index is 2.02. The van der Waals surface area contributed by atoms with Gasteiger partial charge in [-0.05, 0) is 32.1 Å². The van der Waals surface area contributed by atoms with Crippen LogP contribution in [0.3, 0.4) is 0 Å². The molecule has 0 unspecified atom stereocenters. The maximum Gasteiger partial charge on any atom is 0.305 e. The minimum Gasteiger partial charge on any atom is -0.469 e. The number of fused-ring (bicyclic) bond motifs is 1. The Morgan fingerprint density at radius 2 is 2.10 bits per heavy atom. The molecule has 0 N–H and O–H groups in total. The summed E-state index contributed by atoms with van der Waals surface area (Å²) in [6, 6.07) is 0. The number of carbonyl (C=O) groups is 1. The minimum absolute atomic E-state index is 0.153. The molecule has 0 radical (unpaired) electrons. The summed E-state index contributed by atoms with van der Waals surface area (Å²) in [5.74, 6) is 0.877. The highest BCUT2D eigenvalue weighted by Gasteiger charge is 2.16. The summed E-state index contributed by atoms with van der Waals surface area (Å²) >= 11 is 0. The average molecular weight is 277 g/mol. The smallest absolute Gasteiger partial charge is 0.305 e. The maximum atomic E-state index is 11.1. The zero-order chi connectivity index (χ0) is 14.4. The van der Waals surface area contributed by atoms with Crippen LogP contribution in [-0.2, 0) is 22.4 Å². The number of methoxy groups -OCH3 is 1. The van der Waals surface area contributed by atoms with Gasteiger partial charge in [0.15, 0.2) is 0 Å². The molecule has 20 heavy (non-hydrogen) atoms. The fourth-order valence-corrected chi connectivity index (χ4v) is 2.68. The molecule has 0 spiro atoms. The van der Waals surface area contributed by atoms with Crippen molar-refractivity contribution in [1.82, 2.24) is 9.97 Å². The number of carbonyl (C=O) groups excluding carboxylic acids is 1. The SMILES string of the molecule is COC(=O)CCCN(C)c1ncnc2c1CCCCC2. The number of aryl methyl sites for hydroxylation is 1. The Kier molecular flexibility index (Phi) is 5.32. The van der Waals surface area contributed by atoms with Gasteiger partial charge in [0.2, 0.25) is 0 Å². The van der Waals surface area contributed by atoms with Crippen LogP contribution in [-0.4, -0.2) is 36.6 Å². The molecule has 5 heteroatoms. The molecule has 110 valence electrons. The molecular formula is C15H23N3O2. The van der Waals surface area contributed by atoms with Crippen molar-refractivity contribution in [3.05, 3.63) is 17.6 Å². The van der Waals surface area contributed by atoms with Gasteiger partial charge in [-0.2, -0.15) is 0 Å². The molecule has 0 saturated carbocycles. The van der Waals surface area contributed by atoms with E-state index in [9.17, 15) is 4.79 Å². The summed E-state index contributed by atoms with van der Waals surface area (Å²) in [6.07, 6.45) is 8.71.